The lowest BCUT2D eigenvalue weighted by Gasteiger charge is -2.51. The molecule has 1 saturated carbocycles. The molecule has 2 unspecified atom stereocenters. The van der Waals surface area contributed by atoms with E-state index in [9.17, 15) is 0 Å². The van der Waals surface area contributed by atoms with Crippen LogP contribution >= 0.6 is 0 Å². The third-order valence-corrected chi connectivity index (χ3v) is 3.70. The summed E-state index contributed by atoms with van der Waals surface area (Å²) >= 11 is 0. The van der Waals surface area contributed by atoms with Crippen LogP contribution < -0.4 is 5.32 Å². The van der Waals surface area contributed by atoms with E-state index in [1.165, 1.54) is 5.56 Å². The molecule has 0 aromatic carbocycles. The van der Waals surface area contributed by atoms with Gasteiger partial charge in [-0.05, 0) is 31.0 Å². The van der Waals surface area contributed by atoms with E-state index in [0.29, 0.717) is 12.1 Å². The van der Waals surface area contributed by atoms with E-state index in [1.54, 1.807) is 7.11 Å². The maximum Gasteiger partial charge on any atom is 0.126 e. The van der Waals surface area contributed by atoms with Crippen molar-refractivity contribution in [1.82, 2.24) is 4.98 Å². The number of nitrogens with zero attached hydrogens (tertiary/aromatic N) is 1. The molecule has 1 aromatic heterocycles. The minimum atomic E-state index is 0.181. The summed E-state index contributed by atoms with van der Waals surface area (Å²) in [4.78, 5) is 4.33. The first-order valence-corrected chi connectivity index (χ1v) is 5.76. The van der Waals surface area contributed by atoms with Gasteiger partial charge < -0.3 is 10.1 Å². The van der Waals surface area contributed by atoms with Crippen LogP contribution in [-0.4, -0.2) is 24.2 Å². The fraction of sp³-hybridized carbons (Fsp3) is 0.615. The molecule has 0 amide bonds. The zero-order chi connectivity index (χ0) is 11.8. The van der Waals surface area contributed by atoms with Crippen LogP contribution in [0.3, 0.4) is 0 Å². The molecule has 88 valence electrons. The normalized spacial score (nSPS) is 27.2. The molecule has 1 fully saturated rings. The van der Waals surface area contributed by atoms with E-state index in [4.69, 9.17) is 4.74 Å². The smallest absolute Gasteiger partial charge is 0.126 e. The van der Waals surface area contributed by atoms with Gasteiger partial charge in [-0.15, -0.1) is 0 Å². The third kappa shape index (κ3) is 1.92. The molecule has 2 atom stereocenters. The molecule has 1 N–H and O–H groups in total. The first-order valence-electron chi connectivity index (χ1n) is 5.76. The monoisotopic (exact) mass is 220 g/mol. The lowest BCUT2D eigenvalue weighted by Crippen LogP contribution is -2.57. The number of methoxy groups -OCH3 is 1. The van der Waals surface area contributed by atoms with Crippen molar-refractivity contribution < 1.29 is 4.74 Å². The van der Waals surface area contributed by atoms with Crippen molar-refractivity contribution in [2.24, 2.45) is 5.41 Å². The van der Waals surface area contributed by atoms with Crippen molar-refractivity contribution in [3.8, 4) is 0 Å². The van der Waals surface area contributed by atoms with E-state index in [2.05, 4.69) is 37.1 Å². The first-order chi connectivity index (χ1) is 7.54. The zero-order valence-corrected chi connectivity index (χ0v) is 10.4. The van der Waals surface area contributed by atoms with Crippen LogP contribution in [-0.2, 0) is 4.74 Å². The van der Waals surface area contributed by atoms with Crippen LogP contribution in [0.5, 0.6) is 0 Å². The molecule has 0 saturated heterocycles. The molecular formula is C13H20N2O. The molecule has 2 rings (SSSR count). The van der Waals surface area contributed by atoms with Crippen LogP contribution in [0.1, 0.15) is 25.8 Å². The van der Waals surface area contributed by atoms with Gasteiger partial charge in [-0.1, -0.05) is 13.8 Å². The van der Waals surface area contributed by atoms with Crippen molar-refractivity contribution in [2.45, 2.75) is 39.3 Å². The van der Waals surface area contributed by atoms with Crippen LogP contribution in [0.2, 0.25) is 0 Å². The SMILES string of the molecule is COC1CC(Nc2cc(C)ccn2)C1(C)C. The van der Waals surface area contributed by atoms with Gasteiger partial charge >= 0.3 is 0 Å². The Morgan fingerprint density at radius 2 is 2.25 bits per heavy atom. The van der Waals surface area contributed by atoms with E-state index >= 15 is 0 Å². The number of hydrogen-bond acceptors (Lipinski definition) is 3. The third-order valence-electron chi connectivity index (χ3n) is 3.70. The second-order valence-electron chi connectivity index (χ2n) is 5.20. The summed E-state index contributed by atoms with van der Waals surface area (Å²) < 4.78 is 5.43. The topological polar surface area (TPSA) is 34.1 Å². The summed E-state index contributed by atoms with van der Waals surface area (Å²) in [6.07, 6.45) is 3.26. The van der Waals surface area contributed by atoms with Crippen molar-refractivity contribution in [3.63, 3.8) is 0 Å². The molecule has 1 aliphatic carbocycles. The van der Waals surface area contributed by atoms with Gasteiger partial charge in [-0.25, -0.2) is 4.98 Å². The lowest BCUT2D eigenvalue weighted by atomic mass is 9.64. The van der Waals surface area contributed by atoms with Crippen molar-refractivity contribution in [2.75, 3.05) is 12.4 Å². The fourth-order valence-electron chi connectivity index (χ4n) is 2.32. The minimum Gasteiger partial charge on any atom is -0.381 e. The van der Waals surface area contributed by atoms with Gasteiger partial charge in [-0.2, -0.15) is 0 Å². The molecule has 16 heavy (non-hydrogen) atoms. The average Bonchev–Trinajstić information content (AvgIpc) is 2.23. The Bertz CT molecular complexity index is 376. The molecule has 1 aliphatic rings. The summed E-state index contributed by atoms with van der Waals surface area (Å²) in [5.74, 6) is 0.965. The van der Waals surface area contributed by atoms with E-state index in [1.807, 2.05) is 12.3 Å². The number of ether oxygens (including phenoxy) is 1. The number of nitrogens with one attached hydrogen (secondary N) is 1. The predicted octanol–water partition coefficient (Wildman–Crippen LogP) is 2.62. The Morgan fingerprint density at radius 3 is 2.81 bits per heavy atom. The first kappa shape index (κ1) is 11.4. The highest BCUT2D eigenvalue weighted by Gasteiger charge is 2.48. The average molecular weight is 220 g/mol. The van der Waals surface area contributed by atoms with Gasteiger partial charge in [0.15, 0.2) is 0 Å². The number of hydrogen-bond donors (Lipinski definition) is 1. The minimum absolute atomic E-state index is 0.181. The van der Waals surface area contributed by atoms with Gasteiger partial charge in [0.2, 0.25) is 0 Å². The van der Waals surface area contributed by atoms with Crippen LogP contribution in [0.25, 0.3) is 0 Å². The molecular weight excluding hydrogens is 200 g/mol. The van der Waals surface area contributed by atoms with Crippen molar-refractivity contribution in [1.29, 1.82) is 0 Å². The molecule has 0 bridgehead atoms. The van der Waals surface area contributed by atoms with Gasteiger partial charge in [0, 0.05) is 24.8 Å². The van der Waals surface area contributed by atoms with Gasteiger partial charge in [-0.3, -0.25) is 0 Å². The Hall–Kier alpha value is -1.09. The second-order valence-corrected chi connectivity index (χ2v) is 5.20. The molecule has 3 heteroatoms. The van der Waals surface area contributed by atoms with Gasteiger partial charge in [0.05, 0.1) is 6.10 Å². The second kappa shape index (κ2) is 4.06. The highest BCUT2D eigenvalue weighted by atomic mass is 16.5. The number of pyridine rings is 1. The Morgan fingerprint density at radius 1 is 1.50 bits per heavy atom. The van der Waals surface area contributed by atoms with Crippen molar-refractivity contribution >= 4 is 5.82 Å². The number of rotatable bonds is 3. The maximum atomic E-state index is 5.43. The van der Waals surface area contributed by atoms with Gasteiger partial charge in [0.1, 0.15) is 5.82 Å². The highest BCUT2D eigenvalue weighted by molar-refractivity contribution is 5.39. The summed E-state index contributed by atoms with van der Waals surface area (Å²) in [6, 6.07) is 4.54. The molecule has 0 spiro atoms. The van der Waals surface area contributed by atoms with E-state index in [0.717, 1.165) is 12.2 Å². The Labute approximate surface area is 97.2 Å². The van der Waals surface area contributed by atoms with Gasteiger partial charge in [0.25, 0.3) is 0 Å². The lowest BCUT2D eigenvalue weighted by molar-refractivity contribution is -0.0795. The number of aryl methyl sites for hydroxylation is 1. The van der Waals surface area contributed by atoms with Crippen LogP contribution in [0.4, 0.5) is 5.82 Å². The van der Waals surface area contributed by atoms with E-state index in [-0.39, 0.29) is 5.41 Å². The summed E-state index contributed by atoms with van der Waals surface area (Å²) in [6.45, 7) is 6.55. The predicted molar refractivity (Wildman–Crippen MR) is 65.6 cm³/mol. The Kier molecular flexibility index (Phi) is 2.89. The molecule has 1 aromatic rings. The number of anilines is 1. The highest BCUT2D eigenvalue weighted by Crippen LogP contribution is 2.43. The van der Waals surface area contributed by atoms with Crippen LogP contribution in [0.15, 0.2) is 18.3 Å². The molecule has 3 nitrogen and oxygen atoms in total. The fourth-order valence-corrected chi connectivity index (χ4v) is 2.32. The largest absolute Gasteiger partial charge is 0.381 e. The molecule has 1 heterocycles. The number of aromatic nitrogens is 1. The summed E-state index contributed by atoms with van der Waals surface area (Å²) in [5.41, 5.74) is 1.41. The summed E-state index contributed by atoms with van der Waals surface area (Å²) in [5, 5.41) is 3.48. The molecule has 0 aliphatic heterocycles. The van der Waals surface area contributed by atoms with Crippen LogP contribution in [0, 0.1) is 12.3 Å². The van der Waals surface area contributed by atoms with E-state index < -0.39 is 0 Å². The summed E-state index contributed by atoms with van der Waals surface area (Å²) in [7, 11) is 1.79. The van der Waals surface area contributed by atoms with Crippen molar-refractivity contribution in [3.05, 3.63) is 23.9 Å². The standard InChI is InChI=1S/C13H20N2O/c1-9-5-6-14-12(7-9)15-10-8-11(16-4)13(10,2)3/h5-7,10-11H,8H2,1-4H3,(H,14,15). The molecule has 0 radical (unpaired) electrons. The maximum absolute atomic E-state index is 5.43. The quantitative estimate of drug-likeness (QED) is 0.850. The zero-order valence-electron chi connectivity index (χ0n) is 10.4. The Balaban J connectivity index is 2.02.